The van der Waals surface area contributed by atoms with E-state index in [-0.39, 0.29) is 0 Å². The van der Waals surface area contributed by atoms with Gasteiger partial charge in [-0.15, -0.1) is 0 Å². The fourth-order valence-electron chi connectivity index (χ4n) is 3.35. The maximum Gasteiger partial charge on any atom is 0.0474 e. The smallest absolute Gasteiger partial charge is 0.0474 e. The number of aliphatic hydroxyl groups excluding tert-OH is 1. The molecule has 3 rings (SSSR count). The Balaban J connectivity index is 1.66. The second-order valence-electron chi connectivity index (χ2n) is 6.15. The van der Waals surface area contributed by atoms with Gasteiger partial charge >= 0.3 is 0 Å². The van der Waals surface area contributed by atoms with Gasteiger partial charge in [-0.05, 0) is 53.6 Å². The number of benzene rings is 1. The summed E-state index contributed by atoms with van der Waals surface area (Å²) in [7, 11) is 0. The number of rotatable bonds is 5. The van der Waals surface area contributed by atoms with E-state index in [1.54, 1.807) is 0 Å². The minimum atomic E-state index is 0.300. The zero-order valence-electron chi connectivity index (χ0n) is 12.9. The van der Waals surface area contributed by atoms with Crippen molar-refractivity contribution < 1.29 is 5.11 Å². The second kappa shape index (κ2) is 7.52. The van der Waals surface area contributed by atoms with Gasteiger partial charge in [-0.2, -0.15) is 0 Å². The molecule has 1 heterocycles. The summed E-state index contributed by atoms with van der Waals surface area (Å²) in [4.78, 5) is 4.07. The first-order valence-corrected chi connectivity index (χ1v) is 8.20. The summed E-state index contributed by atoms with van der Waals surface area (Å²) in [5.74, 6) is 0.414. The van der Waals surface area contributed by atoms with Gasteiger partial charge in [0.1, 0.15) is 0 Å². The van der Waals surface area contributed by atoms with Crippen molar-refractivity contribution in [1.82, 2.24) is 10.3 Å². The van der Waals surface area contributed by atoms with Gasteiger partial charge in [0.2, 0.25) is 0 Å². The summed E-state index contributed by atoms with van der Waals surface area (Å²) >= 11 is 0. The number of hydrogen-bond donors (Lipinski definition) is 2. The summed E-state index contributed by atoms with van der Waals surface area (Å²) in [6, 6.07) is 13.2. The highest BCUT2D eigenvalue weighted by Gasteiger charge is 2.23. The molecule has 1 aliphatic rings. The highest BCUT2D eigenvalue weighted by atomic mass is 16.3. The van der Waals surface area contributed by atoms with Crippen LogP contribution in [0.2, 0.25) is 0 Å². The zero-order valence-corrected chi connectivity index (χ0v) is 12.9. The van der Waals surface area contributed by atoms with Gasteiger partial charge in [0.25, 0.3) is 0 Å². The molecule has 1 aromatic carbocycles. The molecule has 2 N–H and O–H groups in total. The Kier molecular flexibility index (Phi) is 5.20. The maximum absolute atomic E-state index is 9.51. The van der Waals surface area contributed by atoms with Crippen molar-refractivity contribution in [2.75, 3.05) is 6.61 Å². The van der Waals surface area contributed by atoms with Crippen LogP contribution in [-0.2, 0) is 6.54 Å². The Morgan fingerprint density at radius 1 is 1.05 bits per heavy atom. The first-order valence-electron chi connectivity index (χ1n) is 8.20. The SMILES string of the molecule is OCC1CCCCC1NCc1cccc(-c2ccncc2)c1. The van der Waals surface area contributed by atoms with Crippen LogP contribution in [0.5, 0.6) is 0 Å². The summed E-state index contributed by atoms with van der Waals surface area (Å²) in [6.07, 6.45) is 8.49. The van der Waals surface area contributed by atoms with Crippen molar-refractivity contribution in [3.63, 3.8) is 0 Å². The quantitative estimate of drug-likeness (QED) is 0.889. The number of aromatic nitrogens is 1. The predicted octanol–water partition coefficient (Wildman–Crippen LogP) is 3.39. The second-order valence-corrected chi connectivity index (χ2v) is 6.15. The number of nitrogens with zero attached hydrogens (tertiary/aromatic N) is 1. The molecule has 0 spiro atoms. The summed E-state index contributed by atoms with van der Waals surface area (Å²) in [5.41, 5.74) is 3.71. The minimum Gasteiger partial charge on any atom is -0.396 e. The molecular weight excluding hydrogens is 272 g/mol. The van der Waals surface area contributed by atoms with Crippen molar-refractivity contribution >= 4 is 0 Å². The summed E-state index contributed by atoms with van der Waals surface area (Å²) in [6.45, 7) is 1.16. The van der Waals surface area contributed by atoms with Crippen molar-refractivity contribution in [3.05, 3.63) is 54.4 Å². The third kappa shape index (κ3) is 3.73. The molecule has 1 aliphatic carbocycles. The van der Waals surface area contributed by atoms with E-state index in [1.807, 2.05) is 24.5 Å². The van der Waals surface area contributed by atoms with Gasteiger partial charge in [-0.1, -0.05) is 31.0 Å². The molecule has 22 heavy (non-hydrogen) atoms. The Bertz CT molecular complexity index is 585. The largest absolute Gasteiger partial charge is 0.396 e. The van der Waals surface area contributed by atoms with Crippen LogP contribution in [0.3, 0.4) is 0 Å². The first kappa shape index (κ1) is 15.2. The van der Waals surface area contributed by atoms with Gasteiger partial charge in [-0.3, -0.25) is 4.98 Å². The third-order valence-corrected chi connectivity index (χ3v) is 4.65. The number of aliphatic hydroxyl groups is 1. The highest BCUT2D eigenvalue weighted by Crippen LogP contribution is 2.25. The van der Waals surface area contributed by atoms with Gasteiger partial charge in [0, 0.05) is 31.6 Å². The predicted molar refractivity (Wildman–Crippen MR) is 89.3 cm³/mol. The number of hydrogen-bond acceptors (Lipinski definition) is 3. The lowest BCUT2D eigenvalue weighted by molar-refractivity contribution is 0.152. The Morgan fingerprint density at radius 3 is 2.68 bits per heavy atom. The summed E-state index contributed by atoms with van der Waals surface area (Å²) in [5, 5.41) is 13.2. The minimum absolute atomic E-state index is 0.300. The fraction of sp³-hybridized carbons (Fsp3) is 0.421. The average Bonchev–Trinajstić information content (AvgIpc) is 2.61. The lowest BCUT2D eigenvalue weighted by atomic mass is 9.85. The normalized spacial score (nSPS) is 21.7. The molecule has 116 valence electrons. The highest BCUT2D eigenvalue weighted by molar-refractivity contribution is 5.63. The number of nitrogens with one attached hydrogen (secondary N) is 1. The van der Waals surface area contributed by atoms with Gasteiger partial charge in [0.15, 0.2) is 0 Å². The van der Waals surface area contributed by atoms with Crippen LogP contribution in [-0.4, -0.2) is 22.7 Å². The van der Waals surface area contributed by atoms with E-state index in [1.165, 1.54) is 36.0 Å². The van der Waals surface area contributed by atoms with Crippen molar-refractivity contribution in [2.45, 2.75) is 38.3 Å². The molecule has 3 heteroatoms. The molecule has 0 bridgehead atoms. The molecule has 0 aliphatic heterocycles. The molecule has 2 aromatic rings. The van der Waals surface area contributed by atoms with Crippen LogP contribution in [0.4, 0.5) is 0 Å². The monoisotopic (exact) mass is 296 g/mol. The van der Waals surface area contributed by atoms with E-state index >= 15 is 0 Å². The first-order chi connectivity index (χ1) is 10.9. The molecular formula is C19H24N2O. The lowest BCUT2D eigenvalue weighted by Gasteiger charge is -2.31. The zero-order chi connectivity index (χ0) is 15.2. The van der Waals surface area contributed by atoms with Gasteiger partial charge < -0.3 is 10.4 Å². The molecule has 1 saturated carbocycles. The Labute approximate surface area is 132 Å². The molecule has 1 fully saturated rings. The Hall–Kier alpha value is -1.71. The van der Waals surface area contributed by atoms with Gasteiger partial charge in [0.05, 0.1) is 0 Å². The lowest BCUT2D eigenvalue weighted by Crippen LogP contribution is -2.39. The van der Waals surface area contributed by atoms with E-state index in [2.05, 4.69) is 34.6 Å². The molecule has 0 saturated heterocycles. The summed E-state index contributed by atoms with van der Waals surface area (Å²) < 4.78 is 0. The standard InChI is InChI=1S/C19H24N2O/c22-14-18-5-1-2-7-19(18)21-13-15-4-3-6-17(12-15)16-8-10-20-11-9-16/h3-4,6,8-12,18-19,21-22H,1-2,5,7,13-14H2. The topological polar surface area (TPSA) is 45.1 Å². The molecule has 0 amide bonds. The van der Waals surface area contributed by atoms with Crippen LogP contribution in [0, 0.1) is 5.92 Å². The third-order valence-electron chi connectivity index (χ3n) is 4.65. The molecule has 1 aromatic heterocycles. The fourth-order valence-corrected chi connectivity index (χ4v) is 3.35. The van der Waals surface area contributed by atoms with Crippen LogP contribution in [0.25, 0.3) is 11.1 Å². The maximum atomic E-state index is 9.51. The van der Waals surface area contributed by atoms with Crippen molar-refractivity contribution in [2.24, 2.45) is 5.92 Å². The van der Waals surface area contributed by atoms with E-state index < -0.39 is 0 Å². The molecule has 0 radical (unpaired) electrons. The van der Waals surface area contributed by atoms with Crippen LogP contribution >= 0.6 is 0 Å². The van der Waals surface area contributed by atoms with E-state index in [0.29, 0.717) is 18.6 Å². The van der Waals surface area contributed by atoms with E-state index in [0.717, 1.165) is 13.0 Å². The number of pyridine rings is 1. The van der Waals surface area contributed by atoms with Crippen molar-refractivity contribution in [1.29, 1.82) is 0 Å². The molecule has 2 atom stereocenters. The van der Waals surface area contributed by atoms with Crippen molar-refractivity contribution in [3.8, 4) is 11.1 Å². The van der Waals surface area contributed by atoms with E-state index in [9.17, 15) is 5.11 Å². The van der Waals surface area contributed by atoms with Crippen LogP contribution in [0.15, 0.2) is 48.8 Å². The average molecular weight is 296 g/mol. The Morgan fingerprint density at radius 2 is 1.86 bits per heavy atom. The molecule has 2 unspecified atom stereocenters. The van der Waals surface area contributed by atoms with Crippen LogP contribution < -0.4 is 5.32 Å². The molecule has 3 nitrogen and oxygen atoms in total. The van der Waals surface area contributed by atoms with Crippen LogP contribution in [0.1, 0.15) is 31.2 Å². The van der Waals surface area contributed by atoms with E-state index in [4.69, 9.17) is 0 Å². The van der Waals surface area contributed by atoms with Gasteiger partial charge in [-0.25, -0.2) is 0 Å².